The molecule has 21 heavy (non-hydrogen) atoms. The Labute approximate surface area is 124 Å². The molecule has 0 unspecified atom stereocenters. The van der Waals surface area contributed by atoms with Gasteiger partial charge in [0.15, 0.2) is 0 Å². The van der Waals surface area contributed by atoms with Gasteiger partial charge in [-0.25, -0.2) is 0 Å². The second-order valence-corrected chi connectivity index (χ2v) is 6.06. The van der Waals surface area contributed by atoms with Crippen LogP contribution in [0.15, 0.2) is 30.3 Å². The van der Waals surface area contributed by atoms with Gasteiger partial charge in [0.1, 0.15) is 0 Å². The molecular weight excluding hydrogens is 262 g/mol. The molecule has 0 spiro atoms. The third-order valence-electron chi connectivity index (χ3n) is 4.90. The van der Waals surface area contributed by atoms with Gasteiger partial charge < -0.3 is 4.90 Å². The first-order valence-corrected chi connectivity index (χ1v) is 7.63. The average molecular weight is 281 g/mol. The number of aryl methyl sites for hydroxylation is 1. The van der Waals surface area contributed by atoms with Gasteiger partial charge in [0.2, 0.25) is 6.41 Å². The first-order chi connectivity index (χ1) is 10.3. The van der Waals surface area contributed by atoms with Gasteiger partial charge in [0.25, 0.3) is 0 Å². The molecule has 0 saturated carbocycles. The highest BCUT2D eigenvalue weighted by Crippen LogP contribution is 2.43. The Morgan fingerprint density at radius 1 is 1.24 bits per heavy atom. The van der Waals surface area contributed by atoms with Crippen LogP contribution in [0.3, 0.4) is 0 Å². The zero-order chi connectivity index (χ0) is 14.4. The molecule has 1 aromatic carbocycles. The summed E-state index contributed by atoms with van der Waals surface area (Å²) >= 11 is 0. The van der Waals surface area contributed by atoms with Gasteiger partial charge in [0.05, 0.1) is 17.4 Å². The summed E-state index contributed by atoms with van der Waals surface area (Å²) in [6.07, 6.45) is 5.29. The van der Waals surface area contributed by atoms with Crippen LogP contribution in [0.4, 0.5) is 0 Å². The summed E-state index contributed by atoms with van der Waals surface area (Å²) < 4.78 is 1.99. The van der Waals surface area contributed by atoms with Crippen LogP contribution in [-0.4, -0.2) is 27.1 Å². The highest BCUT2D eigenvalue weighted by molar-refractivity contribution is 5.66. The van der Waals surface area contributed by atoms with Gasteiger partial charge in [-0.2, -0.15) is 5.10 Å². The number of fused-ring (bicyclic) bond motifs is 4. The number of hydrogen-bond donors (Lipinski definition) is 0. The lowest BCUT2D eigenvalue weighted by Crippen LogP contribution is -2.45. The maximum Gasteiger partial charge on any atom is 0.210 e. The van der Waals surface area contributed by atoms with Gasteiger partial charge in [-0.1, -0.05) is 30.3 Å². The van der Waals surface area contributed by atoms with Crippen LogP contribution in [0, 0.1) is 0 Å². The fourth-order valence-electron chi connectivity index (χ4n) is 3.99. The summed E-state index contributed by atoms with van der Waals surface area (Å²) in [6.45, 7) is 0. The third kappa shape index (κ3) is 1.82. The standard InChI is InChI=1S/C17H19N3O/c1-19-17(12-6-3-2-4-7-12)14-10-13-8-5-9-15(16(14)18-19)20(13)11-21/h2-4,6-7,11,13,15H,5,8-10H2,1H3/t13-,15+/m1/s1. The Morgan fingerprint density at radius 2 is 2.05 bits per heavy atom. The molecule has 2 aromatic rings. The van der Waals surface area contributed by atoms with Gasteiger partial charge >= 0.3 is 0 Å². The van der Waals surface area contributed by atoms with Crippen LogP contribution < -0.4 is 0 Å². The van der Waals surface area contributed by atoms with Gasteiger partial charge in [-0.3, -0.25) is 9.48 Å². The highest BCUT2D eigenvalue weighted by Gasteiger charge is 2.40. The summed E-state index contributed by atoms with van der Waals surface area (Å²) in [7, 11) is 2.01. The normalized spacial score (nSPS) is 23.8. The fourth-order valence-corrected chi connectivity index (χ4v) is 3.99. The zero-order valence-electron chi connectivity index (χ0n) is 12.2. The third-order valence-corrected chi connectivity index (χ3v) is 4.90. The minimum absolute atomic E-state index is 0.175. The molecule has 1 aromatic heterocycles. The van der Waals surface area contributed by atoms with Crippen molar-refractivity contribution in [2.75, 3.05) is 0 Å². The maximum atomic E-state index is 11.4. The molecule has 0 aliphatic carbocycles. The zero-order valence-corrected chi connectivity index (χ0v) is 12.2. The van der Waals surface area contributed by atoms with Crippen molar-refractivity contribution < 1.29 is 4.79 Å². The molecule has 1 amide bonds. The van der Waals surface area contributed by atoms with E-state index in [2.05, 4.69) is 24.3 Å². The molecule has 0 N–H and O–H groups in total. The van der Waals surface area contributed by atoms with Crippen LogP contribution in [0.1, 0.15) is 36.6 Å². The van der Waals surface area contributed by atoms with E-state index >= 15 is 0 Å². The molecule has 4 rings (SSSR count). The van der Waals surface area contributed by atoms with Crippen molar-refractivity contribution in [3.63, 3.8) is 0 Å². The van der Waals surface area contributed by atoms with Crippen molar-refractivity contribution in [1.29, 1.82) is 0 Å². The van der Waals surface area contributed by atoms with E-state index in [9.17, 15) is 4.79 Å². The summed E-state index contributed by atoms with van der Waals surface area (Å²) in [5.74, 6) is 0. The smallest absolute Gasteiger partial charge is 0.210 e. The minimum atomic E-state index is 0.175. The Balaban J connectivity index is 1.88. The number of benzene rings is 1. The monoisotopic (exact) mass is 281 g/mol. The number of hydrogen-bond acceptors (Lipinski definition) is 2. The molecule has 4 nitrogen and oxygen atoms in total. The van der Waals surface area contributed by atoms with E-state index in [0.29, 0.717) is 6.04 Å². The second-order valence-electron chi connectivity index (χ2n) is 6.06. The van der Waals surface area contributed by atoms with Crippen molar-refractivity contribution in [2.24, 2.45) is 7.05 Å². The van der Waals surface area contributed by atoms with Crippen LogP contribution in [-0.2, 0) is 18.3 Å². The molecule has 3 heterocycles. The topological polar surface area (TPSA) is 38.1 Å². The van der Waals surface area contributed by atoms with Crippen LogP contribution in [0.5, 0.6) is 0 Å². The lowest BCUT2D eigenvalue weighted by atomic mass is 9.82. The lowest BCUT2D eigenvalue weighted by molar-refractivity contribution is -0.125. The predicted octanol–water partition coefficient (Wildman–Crippen LogP) is 2.70. The summed E-state index contributed by atoms with van der Waals surface area (Å²) in [5.41, 5.74) is 4.88. The molecule has 0 radical (unpaired) electrons. The van der Waals surface area contributed by atoms with E-state index in [1.54, 1.807) is 0 Å². The average Bonchev–Trinajstić information content (AvgIpc) is 2.83. The fraction of sp³-hybridized carbons (Fsp3) is 0.412. The van der Waals surface area contributed by atoms with Crippen LogP contribution in [0.25, 0.3) is 11.3 Å². The molecule has 1 fully saturated rings. The van der Waals surface area contributed by atoms with Crippen molar-refractivity contribution in [3.8, 4) is 11.3 Å². The number of aromatic nitrogens is 2. The number of piperidine rings is 1. The molecule has 2 atom stereocenters. The largest absolute Gasteiger partial charge is 0.333 e. The SMILES string of the molecule is Cn1nc2c(c1-c1ccccc1)C[C@H]1CCC[C@@H]2N1C=O. The number of amides is 1. The Hall–Kier alpha value is -2.10. The van der Waals surface area contributed by atoms with Gasteiger partial charge in [-0.15, -0.1) is 0 Å². The van der Waals surface area contributed by atoms with E-state index in [1.165, 1.54) is 23.2 Å². The molecule has 2 aliphatic rings. The van der Waals surface area contributed by atoms with E-state index < -0.39 is 0 Å². The summed E-state index contributed by atoms with van der Waals surface area (Å²) in [4.78, 5) is 13.4. The minimum Gasteiger partial charge on any atom is -0.333 e. The number of rotatable bonds is 2. The lowest BCUT2D eigenvalue weighted by Gasteiger charge is -2.43. The van der Waals surface area contributed by atoms with E-state index in [-0.39, 0.29) is 6.04 Å². The first kappa shape index (κ1) is 12.6. The Kier molecular flexibility index (Phi) is 2.84. The maximum absolute atomic E-state index is 11.4. The highest BCUT2D eigenvalue weighted by atomic mass is 16.1. The van der Waals surface area contributed by atoms with E-state index in [4.69, 9.17) is 5.10 Å². The van der Waals surface area contributed by atoms with E-state index in [1.807, 2.05) is 22.7 Å². The summed E-state index contributed by atoms with van der Waals surface area (Å²) in [6, 6.07) is 11.0. The Morgan fingerprint density at radius 3 is 2.81 bits per heavy atom. The quantitative estimate of drug-likeness (QED) is 0.794. The molecule has 108 valence electrons. The first-order valence-electron chi connectivity index (χ1n) is 7.63. The number of carbonyl (C=O) groups excluding carboxylic acids is 1. The number of nitrogens with zero attached hydrogens (tertiary/aromatic N) is 3. The molecular formula is C17H19N3O. The molecule has 1 saturated heterocycles. The van der Waals surface area contributed by atoms with Gasteiger partial charge in [0, 0.05) is 24.2 Å². The van der Waals surface area contributed by atoms with E-state index in [0.717, 1.165) is 31.4 Å². The molecule has 4 heteroatoms. The van der Waals surface area contributed by atoms with Crippen LogP contribution >= 0.6 is 0 Å². The van der Waals surface area contributed by atoms with Crippen molar-refractivity contribution in [1.82, 2.24) is 14.7 Å². The van der Waals surface area contributed by atoms with Crippen LogP contribution in [0.2, 0.25) is 0 Å². The number of carbonyl (C=O) groups is 1. The van der Waals surface area contributed by atoms with Crippen molar-refractivity contribution >= 4 is 6.41 Å². The molecule has 2 bridgehead atoms. The Bertz CT molecular complexity index is 677. The summed E-state index contributed by atoms with van der Waals surface area (Å²) in [5, 5.41) is 4.76. The predicted molar refractivity (Wildman–Crippen MR) is 80.6 cm³/mol. The van der Waals surface area contributed by atoms with Crippen molar-refractivity contribution in [3.05, 3.63) is 41.6 Å². The second kappa shape index (κ2) is 4.72. The van der Waals surface area contributed by atoms with Gasteiger partial charge in [-0.05, 0) is 25.7 Å². The molecule has 2 aliphatic heterocycles. The van der Waals surface area contributed by atoms with Crippen molar-refractivity contribution in [2.45, 2.75) is 37.8 Å².